The van der Waals surface area contributed by atoms with Crippen LogP contribution in [0.1, 0.15) is 18.9 Å². The van der Waals surface area contributed by atoms with Crippen LogP contribution in [0.3, 0.4) is 0 Å². The van der Waals surface area contributed by atoms with Crippen LogP contribution in [-0.4, -0.2) is 56.3 Å². The van der Waals surface area contributed by atoms with Gasteiger partial charge in [-0.1, -0.05) is 28.9 Å². The Morgan fingerprint density at radius 1 is 1.23 bits per heavy atom. The fraction of sp³-hybridized carbons (Fsp3) is 0.421. The highest BCUT2D eigenvalue weighted by Gasteiger charge is 2.35. The molecular weight excluding hydrogens is 468 g/mol. The fourth-order valence-corrected chi connectivity index (χ4v) is 4.11. The second kappa shape index (κ2) is 8.10. The van der Waals surface area contributed by atoms with E-state index in [1.165, 1.54) is 24.7 Å². The normalized spacial score (nSPS) is 20.6. The van der Waals surface area contributed by atoms with Crippen LogP contribution in [0, 0.1) is 0 Å². The van der Waals surface area contributed by atoms with Gasteiger partial charge in [0.15, 0.2) is 0 Å². The molecule has 11 heteroatoms. The molecule has 3 heterocycles. The minimum atomic E-state index is -4.56. The number of fused-ring (bicyclic) bond motifs is 1. The van der Waals surface area contributed by atoms with Crippen LogP contribution in [-0.2, 0) is 6.18 Å². The Labute approximate surface area is 178 Å². The first kappa shape index (κ1) is 21.0. The number of nitrogens with zero attached hydrogens (tertiary/aromatic N) is 5. The molecule has 1 fully saturated rings. The smallest absolute Gasteiger partial charge is 0.350 e. The van der Waals surface area contributed by atoms with Crippen molar-refractivity contribution in [1.82, 2.24) is 24.5 Å². The van der Waals surface area contributed by atoms with E-state index in [1.54, 1.807) is 4.40 Å². The quantitative estimate of drug-likeness (QED) is 0.553. The molecule has 0 saturated carbocycles. The van der Waals surface area contributed by atoms with Crippen molar-refractivity contribution in [3.63, 3.8) is 0 Å². The second-order valence-corrected chi connectivity index (χ2v) is 8.15. The maximum atomic E-state index is 14.1. The van der Waals surface area contributed by atoms with Crippen molar-refractivity contribution in [2.45, 2.75) is 31.7 Å². The third kappa shape index (κ3) is 4.13. The molecule has 30 heavy (non-hydrogen) atoms. The van der Waals surface area contributed by atoms with Crippen molar-refractivity contribution in [1.29, 1.82) is 0 Å². The molecule has 0 unspecified atom stereocenters. The third-order valence-electron chi connectivity index (χ3n) is 5.15. The van der Waals surface area contributed by atoms with Crippen molar-refractivity contribution in [3.8, 4) is 11.3 Å². The topological polar surface area (TPSA) is 58.3 Å². The first-order valence-corrected chi connectivity index (χ1v) is 10.2. The van der Waals surface area contributed by atoms with Crippen LogP contribution in [0.4, 0.5) is 23.5 Å². The largest absolute Gasteiger partial charge is 0.417 e. The van der Waals surface area contributed by atoms with E-state index < -0.39 is 17.9 Å². The summed E-state index contributed by atoms with van der Waals surface area (Å²) in [6.45, 7) is 3.73. The molecule has 1 N–H and O–H groups in total. The number of piperidine rings is 1. The Balaban J connectivity index is 1.73. The van der Waals surface area contributed by atoms with E-state index in [9.17, 15) is 17.6 Å². The number of rotatable bonds is 4. The summed E-state index contributed by atoms with van der Waals surface area (Å²) in [5.41, 5.74) is -0.463. The van der Waals surface area contributed by atoms with E-state index >= 15 is 0 Å². The molecule has 0 aliphatic carbocycles. The number of imidazole rings is 1. The van der Waals surface area contributed by atoms with Crippen molar-refractivity contribution < 1.29 is 17.6 Å². The summed E-state index contributed by atoms with van der Waals surface area (Å²) in [5, 5.41) is 11.4. The average molecular weight is 487 g/mol. The number of alkyl halides is 4. The summed E-state index contributed by atoms with van der Waals surface area (Å²) in [6, 6.07) is 3.69. The molecule has 1 saturated heterocycles. The van der Waals surface area contributed by atoms with Crippen molar-refractivity contribution >= 4 is 27.4 Å². The van der Waals surface area contributed by atoms with Gasteiger partial charge in [-0.15, -0.1) is 10.2 Å². The van der Waals surface area contributed by atoms with Crippen molar-refractivity contribution in [2.24, 2.45) is 0 Å². The van der Waals surface area contributed by atoms with Crippen molar-refractivity contribution in [3.05, 3.63) is 40.8 Å². The summed E-state index contributed by atoms with van der Waals surface area (Å²) < 4.78 is 56.7. The molecule has 1 aliphatic rings. The lowest BCUT2D eigenvalue weighted by atomic mass is 10.0. The zero-order valence-corrected chi connectivity index (χ0v) is 17.6. The molecule has 0 bridgehead atoms. The van der Waals surface area contributed by atoms with Crippen LogP contribution in [0.15, 0.2) is 35.2 Å². The lowest BCUT2D eigenvalue weighted by molar-refractivity contribution is -0.137. The maximum Gasteiger partial charge on any atom is 0.417 e. The zero-order valence-electron chi connectivity index (χ0n) is 16.0. The Bertz CT molecular complexity index is 1050. The summed E-state index contributed by atoms with van der Waals surface area (Å²) in [6.07, 6.45) is -2.31. The predicted molar refractivity (Wildman–Crippen MR) is 108 cm³/mol. The fourth-order valence-electron chi connectivity index (χ4n) is 3.75. The van der Waals surface area contributed by atoms with Gasteiger partial charge in [0, 0.05) is 35.6 Å². The van der Waals surface area contributed by atoms with Gasteiger partial charge in [-0.25, -0.2) is 9.37 Å². The Morgan fingerprint density at radius 3 is 2.77 bits per heavy atom. The van der Waals surface area contributed by atoms with Gasteiger partial charge in [0.25, 0.3) is 0 Å². The molecule has 6 nitrogen and oxygen atoms in total. The van der Waals surface area contributed by atoms with Gasteiger partial charge in [-0.05, 0) is 18.7 Å². The van der Waals surface area contributed by atoms with Gasteiger partial charge in [-0.3, -0.25) is 9.30 Å². The highest BCUT2D eigenvalue weighted by atomic mass is 79.9. The molecule has 1 aliphatic heterocycles. The van der Waals surface area contributed by atoms with E-state index in [2.05, 4.69) is 36.4 Å². The van der Waals surface area contributed by atoms with E-state index in [-0.39, 0.29) is 17.3 Å². The minimum Gasteiger partial charge on any atom is -0.350 e. The average Bonchev–Trinajstić information content (AvgIpc) is 3.18. The number of likely N-dealkylation sites (tertiary alicyclic amines) is 1. The van der Waals surface area contributed by atoms with E-state index in [0.29, 0.717) is 35.4 Å². The Hall–Kier alpha value is -2.27. The van der Waals surface area contributed by atoms with E-state index in [0.717, 1.165) is 12.6 Å². The summed E-state index contributed by atoms with van der Waals surface area (Å²) >= 11 is 3.09. The first-order valence-electron chi connectivity index (χ1n) is 9.45. The predicted octanol–water partition coefficient (Wildman–Crippen LogP) is 4.42. The van der Waals surface area contributed by atoms with Crippen LogP contribution in [0.2, 0.25) is 0 Å². The number of likely N-dealkylation sites (N-methyl/N-ethyl adjacent to an activating group) is 1. The van der Waals surface area contributed by atoms with Crippen LogP contribution < -0.4 is 5.32 Å². The lowest BCUT2D eigenvalue weighted by Gasteiger charge is -2.34. The highest BCUT2D eigenvalue weighted by Crippen LogP contribution is 2.39. The molecule has 160 valence electrons. The molecular formula is C19H19BrF4N6. The van der Waals surface area contributed by atoms with Crippen molar-refractivity contribution in [2.75, 3.05) is 25.0 Å². The number of nitrogens with one attached hydrogen (secondary N) is 1. The number of hydrogen-bond donors (Lipinski definition) is 1. The summed E-state index contributed by atoms with van der Waals surface area (Å²) in [4.78, 5) is 6.06. The Kier molecular flexibility index (Phi) is 5.67. The van der Waals surface area contributed by atoms with Gasteiger partial charge in [0.1, 0.15) is 18.2 Å². The van der Waals surface area contributed by atoms with Gasteiger partial charge in [0.2, 0.25) is 5.95 Å². The minimum absolute atomic E-state index is 0.0695. The molecule has 0 amide bonds. The van der Waals surface area contributed by atoms with Crippen LogP contribution in [0.25, 0.3) is 16.8 Å². The molecule has 0 spiro atoms. The first-order chi connectivity index (χ1) is 14.3. The SMILES string of the molecule is CCN1C[C@H](F)C[C@@H](Nc2nnc(-c3ccc(Br)cc3C(F)(F)F)c3cncn23)C1. The monoisotopic (exact) mass is 486 g/mol. The lowest BCUT2D eigenvalue weighted by Crippen LogP contribution is -2.47. The van der Waals surface area contributed by atoms with Crippen LogP contribution in [0.5, 0.6) is 0 Å². The number of benzene rings is 1. The molecule has 2 aromatic heterocycles. The van der Waals surface area contributed by atoms with E-state index in [1.807, 2.05) is 11.8 Å². The number of hydrogen-bond acceptors (Lipinski definition) is 5. The number of anilines is 1. The third-order valence-corrected chi connectivity index (χ3v) is 5.65. The summed E-state index contributed by atoms with van der Waals surface area (Å²) in [5.74, 6) is 0.312. The molecule has 3 aromatic rings. The maximum absolute atomic E-state index is 14.1. The summed E-state index contributed by atoms with van der Waals surface area (Å²) in [7, 11) is 0. The van der Waals surface area contributed by atoms with Crippen LogP contribution >= 0.6 is 15.9 Å². The number of halogens is 5. The standard InChI is InChI=1S/C19H19BrF4N6/c1-2-29-8-12(21)6-13(9-29)26-18-28-27-17(16-7-25-10-30(16)18)14-4-3-11(20)5-15(14)19(22,23)24/h3-5,7,10,12-13H,2,6,8-9H2,1H3,(H,26,28)/t12-,13-/m1/s1. The number of aromatic nitrogens is 4. The van der Waals surface area contributed by atoms with E-state index in [4.69, 9.17) is 0 Å². The molecule has 4 rings (SSSR count). The zero-order chi connectivity index (χ0) is 21.5. The van der Waals surface area contributed by atoms with Gasteiger partial charge < -0.3 is 5.32 Å². The highest BCUT2D eigenvalue weighted by molar-refractivity contribution is 9.10. The van der Waals surface area contributed by atoms with Gasteiger partial charge in [0.05, 0.1) is 17.3 Å². The molecule has 0 radical (unpaired) electrons. The van der Waals surface area contributed by atoms with Gasteiger partial charge in [-0.2, -0.15) is 13.2 Å². The molecule has 2 atom stereocenters. The Morgan fingerprint density at radius 2 is 2.03 bits per heavy atom. The van der Waals surface area contributed by atoms with Gasteiger partial charge >= 0.3 is 6.18 Å². The molecule has 1 aromatic carbocycles. The second-order valence-electron chi connectivity index (χ2n) is 7.24.